The zero-order valence-corrected chi connectivity index (χ0v) is 18.2. The number of benzene rings is 1. The van der Waals surface area contributed by atoms with Crippen molar-refractivity contribution in [3.8, 4) is 11.1 Å². The number of likely N-dealkylation sites (tertiary alicyclic amines) is 1. The highest BCUT2D eigenvalue weighted by Gasteiger charge is 2.37. The van der Waals surface area contributed by atoms with E-state index in [4.69, 9.17) is 0 Å². The Bertz CT molecular complexity index is 1280. The summed E-state index contributed by atoms with van der Waals surface area (Å²) >= 11 is 0. The molecule has 2 aromatic heterocycles. The van der Waals surface area contributed by atoms with Crippen molar-refractivity contribution in [2.24, 2.45) is 0 Å². The number of halogens is 3. The summed E-state index contributed by atoms with van der Waals surface area (Å²) in [7, 11) is 0. The molecule has 1 amide bonds. The third-order valence-corrected chi connectivity index (χ3v) is 5.90. The van der Waals surface area contributed by atoms with Crippen LogP contribution in [0.1, 0.15) is 17.5 Å². The monoisotopic (exact) mass is 465 g/mol. The lowest BCUT2D eigenvalue weighted by molar-refractivity contribution is -0.111. The van der Waals surface area contributed by atoms with E-state index in [-0.39, 0.29) is 24.6 Å². The Hall–Kier alpha value is -3.72. The summed E-state index contributed by atoms with van der Waals surface area (Å²) in [4.78, 5) is 22.7. The van der Waals surface area contributed by atoms with Gasteiger partial charge in [0.05, 0.1) is 24.6 Å². The fraction of sp³-hybridized carbons (Fsp3) is 0.240. The molecule has 0 saturated carbocycles. The molecule has 4 heterocycles. The average Bonchev–Trinajstić information content (AvgIpc) is 3.16. The maximum absolute atomic E-state index is 13.5. The maximum atomic E-state index is 13.5. The Morgan fingerprint density at radius 2 is 1.94 bits per heavy atom. The molecule has 174 valence electrons. The minimum Gasteiger partial charge on any atom is -0.381 e. The van der Waals surface area contributed by atoms with Crippen LogP contribution in [0.5, 0.6) is 0 Å². The summed E-state index contributed by atoms with van der Waals surface area (Å²) in [5, 5.41) is 5.94. The van der Waals surface area contributed by atoms with Gasteiger partial charge in [0.15, 0.2) is 0 Å². The highest BCUT2D eigenvalue weighted by molar-refractivity contribution is 6.27. The van der Waals surface area contributed by atoms with Gasteiger partial charge in [-0.05, 0) is 29.3 Å². The van der Waals surface area contributed by atoms with Gasteiger partial charge in [-0.3, -0.25) is 19.7 Å². The Morgan fingerprint density at radius 3 is 2.74 bits per heavy atom. The van der Waals surface area contributed by atoms with Crippen molar-refractivity contribution in [2.75, 3.05) is 30.3 Å². The second-order valence-electron chi connectivity index (χ2n) is 8.50. The van der Waals surface area contributed by atoms with Crippen molar-refractivity contribution < 1.29 is 18.0 Å². The topological polar surface area (TPSA) is 70.1 Å². The van der Waals surface area contributed by atoms with Gasteiger partial charge in [-0.25, -0.2) is 13.2 Å². The molecule has 2 N–H and O–H groups in total. The maximum Gasteiger partial charge on any atom is 0.261 e. The first-order valence-corrected chi connectivity index (χ1v) is 10.9. The minimum absolute atomic E-state index is 0.124. The number of alkyl halides is 2. The summed E-state index contributed by atoms with van der Waals surface area (Å²) in [5.41, 5.74) is 4.75. The quantitative estimate of drug-likeness (QED) is 0.578. The van der Waals surface area contributed by atoms with E-state index in [0.717, 1.165) is 28.6 Å². The van der Waals surface area contributed by atoms with Crippen molar-refractivity contribution in [3.63, 3.8) is 0 Å². The lowest BCUT2D eigenvalue weighted by atomic mass is 9.95. The van der Waals surface area contributed by atoms with Crippen LogP contribution in [0.2, 0.25) is 0 Å². The third kappa shape index (κ3) is 4.79. The van der Waals surface area contributed by atoms with Gasteiger partial charge >= 0.3 is 0 Å². The smallest absolute Gasteiger partial charge is 0.261 e. The molecule has 0 unspecified atom stereocenters. The summed E-state index contributed by atoms with van der Waals surface area (Å²) in [6, 6.07) is 8.85. The molecule has 0 radical (unpaired) electrons. The number of carbonyl (C=O) groups is 1. The second kappa shape index (κ2) is 8.90. The molecule has 9 heteroatoms. The number of rotatable bonds is 5. The SMILES string of the molecule is O=C(Nc1cncc(F)c1)C1=CCNc2ccc(-c3cncc(CN4CCC(F)(F)C4)c3)cc21. The minimum atomic E-state index is -2.64. The van der Waals surface area contributed by atoms with Gasteiger partial charge in [-0.1, -0.05) is 12.1 Å². The molecule has 1 fully saturated rings. The summed E-state index contributed by atoms with van der Waals surface area (Å²) in [6.45, 7) is 0.990. The number of hydrogen-bond donors (Lipinski definition) is 2. The molecule has 0 bridgehead atoms. The summed E-state index contributed by atoms with van der Waals surface area (Å²) < 4.78 is 40.5. The van der Waals surface area contributed by atoms with Crippen molar-refractivity contribution in [1.29, 1.82) is 0 Å². The number of carbonyl (C=O) groups excluding carboxylic acids is 1. The number of anilines is 2. The van der Waals surface area contributed by atoms with E-state index in [1.54, 1.807) is 23.4 Å². The number of hydrogen-bond acceptors (Lipinski definition) is 5. The highest BCUT2D eigenvalue weighted by atomic mass is 19.3. The Kier molecular flexibility index (Phi) is 5.79. The van der Waals surface area contributed by atoms with Gasteiger partial charge < -0.3 is 10.6 Å². The fourth-order valence-electron chi connectivity index (χ4n) is 4.30. The first-order chi connectivity index (χ1) is 16.4. The Balaban J connectivity index is 1.38. The Morgan fingerprint density at radius 1 is 1.09 bits per heavy atom. The molecule has 1 saturated heterocycles. The molecular formula is C25H22F3N5O. The zero-order valence-electron chi connectivity index (χ0n) is 18.2. The molecule has 0 spiro atoms. The highest BCUT2D eigenvalue weighted by Crippen LogP contribution is 2.33. The first kappa shape index (κ1) is 22.1. The first-order valence-electron chi connectivity index (χ1n) is 10.9. The largest absolute Gasteiger partial charge is 0.381 e. The van der Waals surface area contributed by atoms with Crippen molar-refractivity contribution in [1.82, 2.24) is 14.9 Å². The molecular weight excluding hydrogens is 443 g/mol. The lowest BCUT2D eigenvalue weighted by Gasteiger charge is -2.20. The molecule has 2 aliphatic heterocycles. The molecule has 5 rings (SSSR count). The van der Waals surface area contributed by atoms with Crippen LogP contribution in [0.25, 0.3) is 16.7 Å². The van der Waals surface area contributed by atoms with Crippen LogP contribution in [0, 0.1) is 5.82 Å². The van der Waals surface area contributed by atoms with E-state index in [2.05, 4.69) is 20.6 Å². The van der Waals surface area contributed by atoms with Gasteiger partial charge in [0.1, 0.15) is 5.82 Å². The molecule has 0 atom stereocenters. The van der Waals surface area contributed by atoms with Gasteiger partial charge in [0.25, 0.3) is 11.8 Å². The molecule has 2 aliphatic rings. The predicted octanol–water partition coefficient (Wildman–Crippen LogP) is 4.57. The fourth-order valence-corrected chi connectivity index (χ4v) is 4.30. The third-order valence-electron chi connectivity index (χ3n) is 5.90. The van der Waals surface area contributed by atoms with Gasteiger partial charge in [-0.2, -0.15) is 0 Å². The van der Waals surface area contributed by atoms with Crippen LogP contribution in [-0.4, -0.2) is 46.3 Å². The standard InChI is InChI=1S/C25H22F3N5O/c26-19-9-20(13-30-12-19)32-24(34)21-3-5-31-23-2-1-17(8-22(21)23)18-7-16(10-29-11-18)14-33-6-4-25(27,28)15-33/h1-3,7-13,31H,4-6,14-15H2,(H,32,34). The van der Waals surface area contributed by atoms with Gasteiger partial charge in [-0.15, -0.1) is 0 Å². The molecule has 1 aromatic carbocycles. The number of pyridine rings is 2. The van der Waals surface area contributed by atoms with E-state index >= 15 is 0 Å². The summed E-state index contributed by atoms with van der Waals surface area (Å²) in [5.74, 6) is -3.54. The number of nitrogens with one attached hydrogen (secondary N) is 2. The van der Waals surface area contributed by atoms with Crippen LogP contribution in [0.4, 0.5) is 24.5 Å². The normalized spacial score (nSPS) is 17.0. The molecule has 34 heavy (non-hydrogen) atoms. The molecule has 0 aliphatic carbocycles. The van der Waals surface area contributed by atoms with Crippen molar-refractivity contribution in [3.05, 3.63) is 78.1 Å². The molecule has 6 nitrogen and oxygen atoms in total. The number of nitrogens with zero attached hydrogens (tertiary/aromatic N) is 3. The van der Waals surface area contributed by atoms with E-state index in [1.165, 1.54) is 12.3 Å². The summed E-state index contributed by atoms with van der Waals surface area (Å²) in [6.07, 6.45) is 7.50. The van der Waals surface area contributed by atoms with Crippen LogP contribution >= 0.6 is 0 Å². The van der Waals surface area contributed by atoms with E-state index in [9.17, 15) is 18.0 Å². The lowest BCUT2D eigenvalue weighted by Crippen LogP contribution is -2.24. The second-order valence-corrected chi connectivity index (χ2v) is 8.50. The van der Waals surface area contributed by atoms with Crippen LogP contribution in [0.15, 0.2) is 61.2 Å². The van der Waals surface area contributed by atoms with E-state index in [0.29, 0.717) is 30.8 Å². The number of amides is 1. The Labute approximate surface area is 194 Å². The van der Waals surface area contributed by atoms with Crippen LogP contribution in [0.3, 0.4) is 0 Å². The zero-order chi connectivity index (χ0) is 23.7. The molecule has 3 aromatic rings. The van der Waals surface area contributed by atoms with Crippen molar-refractivity contribution >= 4 is 22.9 Å². The van der Waals surface area contributed by atoms with Crippen LogP contribution in [-0.2, 0) is 11.3 Å². The van der Waals surface area contributed by atoms with E-state index in [1.807, 2.05) is 24.3 Å². The number of fused-ring (bicyclic) bond motifs is 1. The van der Waals surface area contributed by atoms with Gasteiger partial charge in [0, 0.05) is 66.9 Å². The average molecular weight is 465 g/mol. The predicted molar refractivity (Wildman–Crippen MR) is 124 cm³/mol. The van der Waals surface area contributed by atoms with Crippen molar-refractivity contribution in [2.45, 2.75) is 18.9 Å². The number of aromatic nitrogens is 2. The van der Waals surface area contributed by atoms with Crippen LogP contribution < -0.4 is 10.6 Å². The van der Waals surface area contributed by atoms with Gasteiger partial charge in [0.2, 0.25) is 0 Å². The van der Waals surface area contributed by atoms with E-state index < -0.39 is 11.7 Å².